The zero-order valence-corrected chi connectivity index (χ0v) is 17.3. The van der Waals surface area contributed by atoms with E-state index in [0.717, 1.165) is 18.8 Å². The minimum Gasteiger partial charge on any atom is -0.337 e. The number of amides is 2. The lowest BCUT2D eigenvalue weighted by Gasteiger charge is -2.38. The number of hydrogen-bond donors (Lipinski definition) is 2. The van der Waals surface area contributed by atoms with Gasteiger partial charge < -0.3 is 10.2 Å². The molecule has 0 spiro atoms. The molecule has 3 aliphatic heterocycles. The highest BCUT2D eigenvalue weighted by Gasteiger charge is 2.46. The molecule has 2 N–H and O–H groups in total. The second kappa shape index (κ2) is 8.01. The Labute approximate surface area is 179 Å². The van der Waals surface area contributed by atoms with Gasteiger partial charge in [0.25, 0.3) is 11.8 Å². The molecular formula is C21H26FN7O2. The van der Waals surface area contributed by atoms with Crippen LogP contribution in [-0.4, -0.2) is 81.3 Å². The van der Waals surface area contributed by atoms with Gasteiger partial charge in [-0.2, -0.15) is 9.90 Å². The van der Waals surface area contributed by atoms with Gasteiger partial charge in [-0.1, -0.05) is 25.1 Å². The molecular weight excluding hydrogens is 401 g/mol. The Morgan fingerprint density at radius 3 is 2.55 bits per heavy atom. The van der Waals surface area contributed by atoms with E-state index in [1.807, 2.05) is 42.2 Å². The number of nitrogens with zero attached hydrogens (tertiary/aromatic N) is 5. The Morgan fingerprint density at radius 1 is 1.16 bits per heavy atom. The number of nitrogens with one attached hydrogen (secondary N) is 2. The van der Waals surface area contributed by atoms with Gasteiger partial charge in [-0.3, -0.25) is 19.8 Å². The van der Waals surface area contributed by atoms with Gasteiger partial charge in [0.15, 0.2) is 11.9 Å². The monoisotopic (exact) mass is 427 g/mol. The lowest BCUT2D eigenvalue weighted by atomic mass is 10.0. The van der Waals surface area contributed by atoms with E-state index in [1.54, 1.807) is 0 Å². The Morgan fingerprint density at radius 2 is 1.87 bits per heavy atom. The van der Waals surface area contributed by atoms with Crippen LogP contribution < -0.4 is 10.6 Å². The van der Waals surface area contributed by atoms with Crippen LogP contribution in [-0.2, 0) is 4.79 Å². The van der Waals surface area contributed by atoms with Crippen molar-refractivity contribution in [2.75, 3.05) is 26.2 Å². The van der Waals surface area contributed by atoms with E-state index in [2.05, 4.69) is 25.7 Å². The molecule has 2 amide bonds. The van der Waals surface area contributed by atoms with E-state index in [0.29, 0.717) is 37.0 Å². The molecule has 31 heavy (non-hydrogen) atoms. The second-order valence-corrected chi connectivity index (χ2v) is 8.53. The highest BCUT2D eigenvalue weighted by Crippen LogP contribution is 2.32. The average molecular weight is 427 g/mol. The summed E-state index contributed by atoms with van der Waals surface area (Å²) in [6.45, 7) is 4.65. The van der Waals surface area contributed by atoms with Crippen molar-refractivity contribution in [3.63, 3.8) is 0 Å². The molecule has 9 nitrogen and oxygen atoms in total. The molecule has 3 fully saturated rings. The summed E-state index contributed by atoms with van der Waals surface area (Å²) in [4.78, 5) is 30.4. The molecule has 1 aromatic carbocycles. The van der Waals surface area contributed by atoms with E-state index in [-0.39, 0.29) is 12.2 Å². The highest BCUT2D eigenvalue weighted by atomic mass is 19.1. The van der Waals surface area contributed by atoms with Crippen molar-refractivity contribution in [3.05, 3.63) is 42.2 Å². The number of benzene rings is 1. The van der Waals surface area contributed by atoms with Crippen LogP contribution in [0.5, 0.6) is 0 Å². The van der Waals surface area contributed by atoms with Crippen LogP contribution >= 0.6 is 0 Å². The first-order chi connectivity index (χ1) is 15.0. The number of carbonyl (C=O) groups excluding carboxylic acids is 2. The van der Waals surface area contributed by atoms with Crippen LogP contribution in [0.1, 0.15) is 23.8 Å². The topological polar surface area (TPSA) is 95.4 Å². The molecule has 4 heterocycles. The predicted octanol–water partition coefficient (Wildman–Crippen LogP) is 0.391. The van der Waals surface area contributed by atoms with Crippen molar-refractivity contribution in [1.29, 1.82) is 0 Å². The number of aromatic nitrogens is 3. The molecule has 5 unspecified atom stereocenters. The Balaban J connectivity index is 1.20. The maximum absolute atomic E-state index is 14.0. The molecule has 5 rings (SSSR count). The minimum absolute atomic E-state index is 0.112. The third-order valence-corrected chi connectivity index (χ3v) is 6.56. The molecule has 0 aliphatic carbocycles. The van der Waals surface area contributed by atoms with E-state index < -0.39 is 18.1 Å². The van der Waals surface area contributed by atoms with Crippen molar-refractivity contribution in [2.24, 2.45) is 11.8 Å². The first-order valence-electron chi connectivity index (χ1n) is 10.7. The number of carbonyl (C=O) groups is 2. The van der Waals surface area contributed by atoms with Crippen LogP contribution in [0.3, 0.4) is 0 Å². The quantitative estimate of drug-likeness (QED) is 0.733. The average Bonchev–Trinajstić information content (AvgIpc) is 3.51. The van der Waals surface area contributed by atoms with Crippen molar-refractivity contribution in [2.45, 2.75) is 31.8 Å². The number of halogens is 1. The van der Waals surface area contributed by atoms with Gasteiger partial charge >= 0.3 is 0 Å². The maximum atomic E-state index is 14.0. The summed E-state index contributed by atoms with van der Waals surface area (Å²) in [5.41, 5.74) is 1.14. The smallest absolute Gasteiger partial charge is 0.276 e. The molecule has 164 valence electrons. The molecule has 3 aliphatic rings. The van der Waals surface area contributed by atoms with Gasteiger partial charge in [-0.25, -0.2) is 4.39 Å². The van der Waals surface area contributed by atoms with Gasteiger partial charge in [0, 0.05) is 26.2 Å². The predicted molar refractivity (Wildman–Crippen MR) is 110 cm³/mol. The third-order valence-electron chi connectivity index (χ3n) is 6.56. The van der Waals surface area contributed by atoms with Gasteiger partial charge in [-0.05, 0) is 30.4 Å². The lowest BCUT2D eigenvalue weighted by Crippen LogP contribution is -2.67. The standard InChI is InChI=1S/C21H26FN7O2/c1-2-16-18(22)19(30)25-21(24-16)28-11-13-9-27(10-14(13)12-28)20(31)17-8-23-29(26-17)15-6-4-3-5-7-15/h3-8,13-14,16,18,21,24H,2,9-12H2,1H3,(H,25,30). The van der Waals surface area contributed by atoms with Crippen molar-refractivity contribution < 1.29 is 14.0 Å². The van der Waals surface area contributed by atoms with Gasteiger partial charge in [-0.15, -0.1) is 5.10 Å². The van der Waals surface area contributed by atoms with Crippen LogP contribution in [0, 0.1) is 11.8 Å². The summed E-state index contributed by atoms with van der Waals surface area (Å²) in [7, 11) is 0. The van der Waals surface area contributed by atoms with Crippen LogP contribution in [0.25, 0.3) is 5.69 Å². The van der Waals surface area contributed by atoms with Crippen molar-refractivity contribution in [1.82, 2.24) is 35.4 Å². The first-order valence-corrected chi connectivity index (χ1v) is 10.7. The summed E-state index contributed by atoms with van der Waals surface area (Å²) >= 11 is 0. The molecule has 10 heteroatoms. The fraction of sp³-hybridized carbons (Fsp3) is 0.524. The van der Waals surface area contributed by atoms with Crippen LogP contribution in [0.2, 0.25) is 0 Å². The summed E-state index contributed by atoms with van der Waals surface area (Å²) in [5.74, 6) is -0.0329. The van der Waals surface area contributed by atoms with Gasteiger partial charge in [0.2, 0.25) is 0 Å². The molecule has 2 aromatic rings. The molecule has 0 radical (unpaired) electrons. The molecule has 3 saturated heterocycles. The number of likely N-dealkylation sites (tertiary alicyclic amines) is 2. The lowest BCUT2D eigenvalue weighted by molar-refractivity contribution is -0.133. The summed E-state index contributed by atoms with van der Waals surface area (Å²) in [6, 6.07) is 9.01. The SMILES string of the molecule is CCC1NC(N2CC3CN(C(=O)c4cnn(-c5ccccc5)n4)CC3C2)NC(=O)C1F. The Hall–Kier alpha value is -2.85. The largest absolute Gasteiger partial charge is 0.337 e. The van der Waals surface area contributed by atoms with Crippen molar-refractivity contribution >= 4 is 11.8 Å². The second-order valence-electron chi connectivity index (χ2n) is 8.53. The fourth-order valence-electron chi connectivity index (χ4n) is 4.86. The number of hydrogen-bond acceptors (Lipinski definition) is 6. The Bertz CT molecular complexity index is 954. The van der Waals surface area contributed by atoms with E-state index >= 15 is 0 Å². The molecule has 1 aromatic heterocycles. The fourth-order valence-corrected chi connectivity index (χ4v) is 4.86. The van der Waals surface area contributed by atoms with Gasteiger partial charge in [0.05, 0.1) is 17.9 Å². The normalized spacial score (nSPS) is 31.0. The van der Waals surface area contributed by atoms with E-state index in [9.17, 15) is 14.0 Å². The molecule has 0 saturated carbocycles. The Kier molecular flexibility index (Phi) is 5.19. The summed E-state index contributed by atoms with van der Waals surface area (Å²) < 4.78 is 14.0. The molecule has 0 bridgehead atoms. The highest BCUT2D eigenvalue weighted by molar-refractivity contribution is 5.92. The third kappa shape index (κ3) is 3.70. The van der Waals surface area contributed by atoms with E-state index in [1.165, 1.54) is 11.0 Å². The van der Waals surface area contributed by atoms with Crippen LogP contribution in [0.15, 0.2) is 36.5 Å². The minimum atomic E-state index is -1.51. The van der Waals surface area contributed by atoms with Gasteiger partial charge in [0.1, 0.15) is 6.29 Å². The summed E-state index contributed by atoms with van der Waals surface area (Å²) in [5, 5.41) is 14.5. The van der Waals surface area contributed by atoms with E-state index in [4.69, 9.17) is 0 Å². The summed E-state index contributed by atoms with van der Waals surface area (Å²) in [6.07, 6.45) is 0.193. The van der Waals surface area contributed by atoms with Crippen LogP contribution in [0.4, 0.5) is 4.39 Å². The number of fused-ring (bicyclic) bond motifs is 1. The molecule has 5 atom stereocenters. The first kappa shape index (κ1) is 20.1. The van der Waals surface area contributed by atoms with Crippen molar-refractivity contribution in [3.8, 4) is 5.69 Å². The zero-order valence-electron chi connectivity index (χ0n) is 17.3. The maximum Gasteiger partial charge on any atom is 0.276 e. The zero-order chi connectivity index (χ0) is 21.5. The number of rotatable bonds is 4. The number of alkyl halides is 1. The number of para-hydroxylation sites is 1.